The third-order valence-electron chi connectivity index (χ3n) is 2.86. The number of halogens is 1. The highest BCUT2D eigenvalue weighted by Crippen LogP contribution is 2.25. The second-order valence-electron chi connectivity index (χ2n) is 4.14. The van der Waals surface area contributed by atoms with Crippen LogP contribution in [0.5, 0.6) is 0 Å². The lowest BCUT2D eigenvalue weighted by Gasteiger charge is -2.28. The van der Waals surface area contributed by atoms with E-state index in [1.165, 1.54) is 0 Å². The molecule has 17 heavy (non-hydrogen) atoms. The summed E-state index contributed by atoms with van der Waals surface area (Å²) in [6.07, 6.45) is 1.80. The molecule has 2 heterocycles. The van der Waals surface area contributed by atoms with Crippen LogP contribution in [0.3, 0.4) is 0 Å². The maximum absolute atomic E-state index is 12.2. The van der Waals surface area contributed by atoms with Gasteiger partial charge in [0, 0.05) is 31.9 Å². The summed E-state index contributed by atoms with van der Waals surface area (Å²) in [5.41, 5.74) is 1.58. The molecule has 0 saturated carbocycles. The van der Waals surface area contributed by atoms with Crippen molar-refractivity contribution < 1.29 is 9.53 Å². The third-order valence-corrected chi connectivity index (χ3v) is 3.29. The molecule has 1 amide bonds. The molecule has 1 unspecified atom stereocenters. The number of rotatable bonds is 2. The Hall–Kier alpha value is -1.07. The molecule has 5 nitrogen and oxygen atoms in total. The lowest BCUT2D eigenvalue weighted by Crippen LogP contribution is -2.42. The largest absolute Gasteiger partial charge is 0.378 e. The molecule has 0 aliphatic carbocycles. The molecular weight excluding hydrogens is 242 g/mol. The molecule has 1 saturated heterocycles. The van der Waals surface area contributed by atoms with Gasteiger partial charge in [-0.1, -0.05) is 0 Å². The lowest BCUT2D eigenvalue weighted by molar-refractivity contribution is -0.134. The van der Waals surface area contributed by atoms with E-state index in [0.717, 1.165) is 11.3 Å². The van der Waals surface area contributed by atoms with Crippen LogP contribution < -0.4 is 0 Å². The van der Waals surface area contributed by atoms with Crippen molar-refractivity contribution in [3.05, 3.63) is 17.5 Å². The number of alkyl halides is 1. The molecule has 1 aromatic rings. The van der Waals surface area contributed by atoms with E-state index in [9.17, 15) is 4.79 Å². The first-order chi connectivity index (χ1) is 8.09. The summed E-state index contributed by atoms with van der Waals surface area (Å²) < 4.78 is 6.88. The van der Waals surface area contributed by atoms with Crippen molar-refractivity contribution in [2.45, 2.75) is 12.3 Å². The minimum absolute atomic E-state index is 0.0638. The molecule has 0 N–H and O–H groups in total. The zero-order valence-corrected chi connectivity index (χ0v) is 10.8. The molecule has 2 rings (SSSR count). The monoisotopic (exact) mass is 257 g/mol. The smallest absolute Gasteiger partial charge is 0.245 e. The maximum Gasteiger partial charge on any atom is 0.245 e. The number of hydrogen-bond donors (Lipinski definition) is 0. The van der Waals surface area contributed by atoms with Gasteiger partial charge >= 0.3 is 0 Å². The minimum atomic E-state index is -0.651. The Bertz CT molecular complexity index is 413. The van der Waals surface area contributed by atoms with E-state index in [1.807, 2.05) is 14.0 Å². The van der Waals surface area contributed by atoms with Crippen molar-refractivity contribution in [2.75, 3.05) is 26.3 Å². The van der Waals surface area contributed by atoms with Gasteiger partial charge in [-0.2, -0.15) is 5.10 Å². The number of carbonyl (C=O) groups excluding carboxylic acids is 1. The van der Waals surface area contributed by atoms with E-state index < -0.39 is 5.38 Å². The summed E-state index contributed by atoms with van der Waals surface area (Å²) in [4.78, 5) is 13.9. The SMILES string of the molecule is Cc1nn(C)cc1C(Cl)C(=O)N1CCOCC1. The van der Waals surface area contributed by atoms with E-state index >= 15 is 0 Å². The normalized spacial score (nSPS) is 18.2. The highest BCUT2D eigenvalue weighted by Gasteiger charge is 2.27. The number of aromatic nitrogens is 2. The van der Waals surface area contributed by atoms with E-state index in [4.69, 9.17) is 16.3 Å². The van der Waals surface area contributed by atoms with Crippen LogP contribution in [0.1, 0.15) is 16.6 Å². The first-order valence-corrected chi connectivity index (χ1v) is 6.04. The summed E-state index contributed by atoms with van der Waals surface area (Å²) in [6, 6.07) is 0. The number of nitrogens with zero attached hydrogens (tertiary/aromatic N) is 3. The highest BCUT2D eigenvalue weighted by atomic mass is 35.5. The summed E-state index contributed by atoms with van der Waals surface area (Å²) in [6.45, 7) is 4.25. The molecule has 0 aromatic carbocycles. The minimum Gasteiger partial charge on any atom is -0.378 e. The summed E-state index contributed by atoms with van der Waals surface area (Å²) >= 11 is 6.22. The van der Waals surface area contributed by atoms with E-state index in [2.05, 4.69) is 5.10 Å². The highest BCUT2D eigenvalue weighted by molar-refractivity contribution is 6.30. The molecule has 1 atom stereocenters. The zero-order chi connectivity index (χ0) is 12.4. The number of morpholine rings is 1. The van der Waals surface area contributed by atoms with Crippen LogP contribution in [0.2, 0.25) is 0 Å². The Kier molecular flexibility index (Phi) is 3.69. The molecule has 1 aromatic heterocycles. The molecule has 1 fully saturated rings. The second-order valence-corrected chi connectivity index (χ2v) is 4.58. The fourth-order valence-corrected chi connectivity index (χ4v) is 2.30. The fourth-order valence-electron chi connectivity index (χ4n) is 1.94. The number of ether oxygens (including phenoxy) is 1. The number of hydrogen-bond acceptors (Lipinski definition) is 3. The Morgan fingerprint density at radius 1 is 1.53 bits per heavy atom. The van der Waals surface area contributed by atoms with Crippen molar-refractivity contribution in [3.63, 3.8) is 0 Å². The number of carbonyl (C=O) groups is 1. The van der Waals surface area contributed by atoms with E-state index in [0.29, 0.717) is 26.3 Å². The van der Waals surface area contributed by atoms with E-state index in [1.54, 1.807) is 15.8 Å². The summed E-state index contributed by atoms with van der Waals surface area (Å²) in [7, 11) is 1.82. The van der Waals surface area contributed by atoms with Gasteiger partial charge in [0.25, 0.3) is 0 Å². The molecular formula is C11H16ClN3O2. The predicted octanol–water partition coefficient (Wildman–Crippen LogP) is 0.867. The van der Waals surface area contributed by atoms with Gasteiger partial charge in [-0.3, -0.25) is 9.48 Å². The summed E-state index contributed by atoms with van der Waals surface area (Å²) in [5.74, 6) is -0.0638. The van der Waals surface area contributed by atoms with Crippen LogP contribution in [-0.2, 0) is 16.6 Å². The second kappa shape index (κ2) is 5.06. The number of aryl methyl sites for hydroxylation is 2. The van der Waals surface area contributed by atoms with Crippen molar-refractivity contribution >= 4 is 17.5 Å². The average Bonchev–Trinajstić information content (AvgIpc) is 2.68. The average molecular weight is 258 g/mol. The van der Waals surface area contributed by atoms with Crippen molar-refractivity contribution in [3.8, 4) is 0 Å². The quantitative estimate of drug-likeness (QED) is 0.739. The van der Waals surface area contributed by atoms with Crippen molar-refractivity contribution in [2.24, 2.45) is 7.05 Å². The standard InChI is InChI=1S/C11H16ClN3O2/c1-8-9(7-14(2)13-8)10(12)11(16)15-3-5-17-6-4-15/h7,10H,3-6H2,1-2H3. The molecule has 94 valence electrons. The Balaban J connectivity index is 2.11. The van der Waals surface area contributed by atoms with E-state index in [-0.39, 0.29) is 5.91 Å². The molecule has 0 spiro atoms. The van der Waals surface area contributed by atoms with Gasteiger partial charge in [-0.05, 0) is 6.92 Å². The van der Waals surface area contributed by atoms with Crippen LogP contribution in [0.25, 0.3) is 0 Å². The molecule has 1 aliphatic heterocycles. The van der Waals surface area contributed by atoms with Gasteiger partial charge in [-0.25, -0.2) is 0 Å². The zero-order valence-electron chi connectivity index (χ0n) is 10.0. The summed E-state index contributed by atoms with van der Waals surface area (Å²) in [5, 5.41) is 3.55. The van der Waals surface area contributed by atoms with Crippen molar-refractivity contribution in [1.82, 2.24) is 14.7 Å². The molecule has 6 heteroatoms. The van der Waals surface area contributed by atoms with Gasteiger partial charge in [-0.15, -0.1) is 11.6 Å². The predicted molar refractivity (Wildman–Crippen MR) is 63.9 cm³/mol. The van der Waals surface area contributed by atoms with Gasteiger partial charge in [0.2, 0.25) is 5.91 Å². The van der Waals surface area contributed by atoms with Crippen molar-refractivity contribution in [1.29, 1.82) is 0 Å². The van der Waals surface area contributed by atoms with Gasteiger partial charge in [0.15, 0.2) is 0 Å². The Labute approximate surface area is 105 Å². The van der Waals surface area contributed by atoms with Gasteiger partial charge in [0.05, 0.1) is 18.9 Å². The molecule has 1 aliphatic rings. The first-order valence-electron chi connectivity index (χ1n) is 5.60. The van der Waals surface area contributed by atoms with Gasteiger partial charge in [0.1, 0.15) is 5.38 Å². The van der Waals surface area contributed by atoms with Crippen LogP contribution >= 0.6 is 11.6 Å². The Morgan fingerprint density at radius 2 is 2.18 bits per heavy atom. The van der Waals surface area contributed by atoms with Crippen LogP contribution in [-0.4, -0.2) is 46.9 Å². The maximum atomic E-state index is 12.2. The van der Waals surface area contributed by atoms with Gasteiger partial charge < -0.3 is 9.64 Å². The van der Waals surface area contributed by atoms with Crippen LogP contribution in [0.15, 0.2) is 6.20 Å². The molecule has 0 bridgehead atoms. The topological polar surface area (TPSA) is 47.4 Å². The fraction of sp³-hybridized carbons (Fsp3) is 0.636. The number of amides is 1. The Morgan fingerprint density at radius 3 is 2.71 bits per heavy atom. The first kappa shape index (κ1) is 12.4. The molecule has 0 radical (unpaired) electrons. The third kappa shape index (κ3) is 2.61. The van der Waals surface area contributed by atoms with Crippen LogP contribution in [0, 0.1) is 6.92 Å². The van der Waals surface area contributed by atoms with Crippen LogP contribution in [0.4, 0.5) is 0 Å². The lowest BCUT2D eigenvalue weighted by atomic mass is 10.1.